The number of hydrogen-bond acceptors (Lipinski definition) is 4. The molecule has 1 saturated heterocycles. The SMILES string of the molecule is CC1CN(C(=O)Cn2cc(SCC(=O)NC3CCCC3)c3ccccc32)CC(C)O1. The first-order valence-electron chi connectivity index (χ1n) is 10.9. The molecule has 1 aromatic carbocycles. The summed E-state index contributed by atoms with van der Waals surface area (Å²) in [5.74, 6) is 0.598. The van der Waals surface area contributed by atoms with Gasteiger partial charge in [0.2, 0.25) is 11.8 Å². The van der Waals surface area contributed by atoms with Gasteiger partial charge in [0, 0.05) is 41.1 Å². The number of carbonyl (C=O) groups is 2. The molecule has 2 aromatic rings. The van der Waals surface area contributed by atoms with E-state index in [1.165, 1.54) is 12.8 Å². The molecule has 1 aliphatic carbocycles. The number of nitrogens with one attached hydrogen (secondary N) is 1. The largest absolute Gasteiger partial charge is 0.372 e. The normalized spacial score (nSPS) is 22.5. The zero-order valence-electron chi connectivity index (χ0n) is 17.8. The van der Waals surface area contributed by atoms with Crippen molar-refractivity contribution in [2.24, 2.45) is 0 Å². The van der Waals surface area contributed by atoms with Crippen molar-refractivity contribution >= 4 is 34.5 Å². The summed E-state index contributed by atoms with van der Waals surface area (Å²) in [5, 5.41) is 4.24. The van der Waals surface area contributed by atoms with E-state index < -0.39 is 0 Å². The topological polar surface area (TPSA) is 63.6 Å². The first-order chi connectivity index (χ1) is 14.5. The Balaban J connectivity index is 1.44. The van der Waals surface area contributed by atoms with Crippen molar-refractivity contribution in [3.8, 4) is 0 Å². The van der Waals surface area contributed by atoms with Gasteiger partial charge in [-0.2, -0.15) is 0 Å². The first-order valence-corrected chi connectivity index (χ1v) is 11.9. The molecule has 2 fully saturated rings. The fourth-order valence-electron chi connectivity index (χ4n) is 4.57. The van der Waals surface area contributed by atoms with Gasteiger partial charge < -0.3 is 19.5 Å². The molecule has 2 atom stereocenters. The number of amides is 2. The van der Waals surface area contributed by atoms with E-state index in [1.807, 2.05) is 47.7 Å². The Labute approximate surface area is 182 Å². The lowest BCUT2D eigenvalue weighted by molar-refractivity contribution is -0.143. The summed E-state index contributed by atoms with van der Waals surface area (Å²) in [4.78, 5) is 28.2. The van der Waals surface area contributed by atoms with Crippen molar-refractivity contribution in [3.63, 3.8) is 0 Å². The Kier molecular flexibility index (Phi) is 6.68. The third-order valence-corrected chi connectivity index (χ3v) is 6.95. The predicted molar refractivity (Wildman–Crippen MR) is 120 cm³/mol. The minimum atomic E-state index is 0.0589. The molecule has 1 N–H and O–H groups in total. The number of thioether (sulfide) groups is 1. The van der Waals surface area contributed by atoms with Crippen LogP contribution < -0.4 is 5.32 Å². The highest BCUT2D eigenvalue weighted by molar-refractivity contribution is 8.00. The highest BCUT2D eigenvalue weighted by Gasteiger charge is 2.26. The van der Waals surface area contributed by atoms with E-state index in [-0.39, 0.29) is 24.0 Å². The summed E-state index contributed by atoms with van der Waals surface area (Å²) in [5.41, 5.74) is 1.03. The number of nitrogens with zero attached hydrogens (tertiary/aromatic N) is 2. The number of fused-ring (bicyclic) bond motifs is 1. The van der Waals surface area contributed by atoms with Crippen molar-refractivity contribution in [1.82, 2.24) is 14.8 Å². The highest BCUT2D eigenvalue weighted by Crippen LogP contribution is 2.30. The third kappa shape index (κ3) is 5.01. The summed E-state index contributed by atoms with van der Waals surface area (Å²) in [7, 11) is 0. The monoisotopic (exact) mass is 429 g/mol. The number of morpholine rings is 1. The van der Waals surface area contributed by atoms with Crippen LogP contribution in [0.1, 0.15) is 39.5 Å². The molecule has 4 rings (SSSR count). The van der Waals surface area contributed by atoms with Crippen LogP contribution in [-0.2, 0) is 20.9 Å². The lowest BCUT2D eigenvalue weighted by Crippen LogP contribution is -2.49. The number of rotatable bonds is 6. The van der Waals surface area contributed by atoms with Gasteiger partial charge in [0.25, 0.3) is 0 Å². The minimum Gasteiger partial charge on any atom is -0.372 e. The van der Waals surface area contributed by atoms with Gasteiger partial charge in [-0.15, -0.1) is 11.8 Å². The molecule has 0 spiro atoms. The molecular weight excluding hydrogens is 398 g/mol. The Morgan fingerprint density at radius 1 is 1.13 bits per heavy atom. The van der Waals surface area contributed by atoms with Gasteiger partial charge in [-0.1, -0.05) is 31.0 Å². The van der Waals surface area contributed by atoms with Crippen molar-refractivity contribution in [2.75, 3.05) is 18.8 Å². The summed E-state index contributed by atoms with van der Waals surface area (Å²) in [6.45, 7) is 5.57. The second-order valence-corrected chi connectivity index (χ2v) is 9.55. The second kappa shape index (κ2) is 9.43. The van der Waals surface area contributed by atoms with Gasteiger partial charge in [0.15, 0.2) is 0 Å². The van der Waals surface area contributed by atoms with E-state index in [4.69, 9.17) is 4.74 Å². The molecule has 2 aliphatic rings. The number of aromatic nitrogens is 1. The van der Waals surface area contributed by atoms with Gasteiger partial charge >= 0.3 is 0 Å². The van der Waals surface area contributed by atoms with E-state index in [0.29, 0.717) is 31.4 Å². The maximum absolute atomic E-state index is 12.9. The predicted octanol–water partition coefficient (Wildman–Crippen LogP) is 3.43. The van der Waals surface area contributed by atoms with Crippen LogP contribution in [0.15, 0.2) is 35.4 Å². The molecule has 1 saturated carbocycles. The van der Waals surface area contributed by atoms with Gasteiger partial charge in [-0.25, -0.2) is 0 Å². The van der Waals surface area contributed by atoms with E-state index >= 15 is 0 Å². The number of hydrogen-bond donors (Lipinski definition) is 1. The molecule has 30 heavy (non-hydrogen) atoms. The molecular formula is C23H31N3O3S. The number of benzene rings is 1. The Bertz CT molecular complexity index is 896. The fraction of sp³-hybridized carbons (Fsp3) is 0.565. The van der Waals surface area contributed by atoms with Gasteiger partial charge in [0.05, 0.1) is 18.0 Å². The van der Waals surface area contributed by atoms with Crippen molar-refractivity contribution in [2.45, 2.75) is 69.2 Å². The van der Waals surface area contributed by atoms with Gasteiger partial charge in [-0.05, 0) is 32.8 Å². The third-order valence-electron chi connectivity index (χ3n) is 5.91. The van der Waals surface area contributed by atoms with Crippen LogP contribution >= 0.6 is 11.8 Å². The van der Waals surface area contributed by atoms with Crippen molar-refractivity contribution in [3.05, 3.63) is 30.5 Å². The fourth-order valence-corrected chi connectivity index (χ4v) is 5.47. The smallest absolute Gasteiger partial charge is 0.242 e. The zero-order valence-corrected chi connectivity index (χ0v) is 18.6. The van der Waals surface area contributed by atoms with Crippen LogP contribution in [0.3, 0.4) is 0 Å². The highest BCUT2D eigenvalue weighted by atomic mass is 32.2. The molecule has 162 valence electrons. The summed E-state index contributed by atoms with van der Waals surface area (Å²) < 4.78 is 7.76. The number of ether oxygens (including phenoxy) is 1. The maximum atomic E-state index is 12.9. The van der Waals surface area contributed by atoms with Crippen LogP contribution in [0, 0.1) is 0 Å². The van der Waals surface area contributed by atoms with Crippen LogP contribution in [-0.4, -0.2) is 58.4 Å². The second-order valence-electron chi connectivity index (χ2n) is 8.53. The molecule has 1 aromatic heterocycles. The molecule has 0 radical (unpaired) electrons. The van der Waals surface area contributed by atoms with Crippen LogP contribution in [0.2, 0.25) is 0 Å². The average Bonchev–Trinajstić information content (AvgIpc) is 3.34. The Hall–Kier alpha value is -1.99. The maximum Gasteiger partial charge on any atom is 0.242 e. The van der Waals surface area contributed by atoms with E-state index in [9.17, 15) is 9.59 Å². The first kappa shape index (κ1) is 21.2. The quantitative estimate of drug-likeness (QED) is 0.715. The Morgan fingerprint density at radius 2 is 1.83 bits per heavy atom. The molecule has 2 amide bonds. The van der Waals surface area contributed by atoms with Crippen molar-refractivity contribution < 1.29 is 14.3 Å². The van der Waals surface area contributed by atoms with Crippen LogP contribution in [0.4, 0.5) is 0 Å². The molecule has 1 aliphatic heterocycles. The molecule has 0 bridgehead atoms. The van der Waals surface area contributed by atoms with Gasteiger partial charge in [0.1, 0.15) is 6.54 Å². The molecule has 2 heterocycles. The van der Waals surface area contributed by atoms with Crippen LogP contribution in [0.25, 0.3) is 10.9 Å². The summed E-state index contributed by atoms with van der Waals surface area (Å²) in [6.07, 6.45) is 6.74. The summed E-state index contributed by atoms with van der Waals surface area (Å²) >= 11 is 1.55. The molecule has 6 nitrogen and oxygen atoms in total. The van der Waals surface area contributed by atoms with Crippen molar-refractivity contribution in [1.29, 1.82) is 0 Å². The van der Waals surface area contributed by atoms with Gasteiger partial charge in [-0.3, -0.25) is 9.59 Å². The minimum absolute atomic E-state index is 0.0589. The standard InChI is InChI=1S/C23H31N3O3S/c1-16-11-26(12-17(2)29-16)23(28)14-25-13-21(19-9-5-6-10-20(19)25)30-15-22(27)24-18-7-3-4-8-18/h5-6,9-10,13,16-18H,3-4,7-8,11-12,14-15H2,1-2H3,(H,24,27). The van der Waals surface area contributed by atoms with E-state index in [2.05, 4.69) is 11.4 Å². The lowest BCUT2D eigenvalue weighted by atomic mass is 10.2. The van der Waals surface area contributed by atoms with E-state index in [1.54, 1.807) is 11.8 Å². The Morgan fingerprint density at radius 3 is 2.57 bits per heavy atom. The summed E-state index contributed by atoms with van der Waals surface area (Å²) in [6, 6.07) is 8.43. The average molecular weight is 430 g/mol. The van der Waals surface area contributed by atoms with Crippen LogP contribution in [0.5, 0.6) is 0 Å². The number of para-hydroxylation sites is 1. The molecule has 7 heteroatoms. The van der Waals surface area contributed by atoms with E-state index in [0.717, 1.165) is 28.6 Å². The zero-order chi connectivity index (χ0) is 21.1. The lowest BCUT2D eigenvalue weighted by Gasteiger charge is -2.35. The molecule has 2 unspecified atom stereocenters. The number of carbonyl (C=O) groups excluding carboxylic acids is 2.